The van der Waals surface area contributed by atoms with Crippen LogP contribution in [0.5, 0.6) is 0 Å². The zero-order valence-corrected chi connectivity index (χ0v) is 15.6. The second-order valence-electron chi connectivity index (χ2n) is 6.61. The molecule has 0 aromatic rings. The van der Waals surface area contributed by atoms with E-state index in [-0.39, 0.29) is 18.2 Å². The van der Waals surface area contributed by atoms with Gasteiger partial charge in [0.05, 0.1) is 18.6 Å². The lowest BCUT2D eigenvalue weighted by Gasteiger charge is -2.17. The number of rotatable bonds is 16. The van der Waals surface area contributed by atoms with Gasteiger partial charge in [0, 0.05) is 13.0 Å². The number of Topliss-reactive ketones (excluding diaryl/α,β-unsaturated/α-hetero) is 1. The predicted molar refractivity (Wildman–Crippen MR) is 96.7 cm³/mol. The highest BCUT2D eigenvalue weighted by Crippen LogP contribution is 2.16. The summed E-state index contributed by atoms with van der Waals surface area (Å²) in [5, 5.41) is 20.8. The summed E-state index contributed by atoms with van der Waals surface area (Å²) in [6.07, 6.45) is 9.57. The molecule has 0 saturated heterocycles. The van der Waals surface area contributed by atoms with E-state index in [0.29, 0.717) is 12.8 Å². The minimum absolute atomic E-state index is 0.00935. The summed E-state index contributed by atoms with van der Waals surface area (Å²) in [5.74, 6) is -0.907. The van der Waals surface area contributed by atoms with Gasteiger partial charge in [0.25, 0.3) is 0 Å². The molecule has 24 heavy (non-hydrogen) atoms. The average molecular weight is 344 g/mol. The van der Waals surface area contributed by atoms with E-state index >= 15 is 0 Å². The molecule has 2 unspecified atom stereocenters. The second-order valence-corrected chi connectivity index (χ2v) is 6.61. The summed E-state index contributed by atoms with van der Waals surface area (Å²) in [6.45, 7) is 3.88. The first-order valence-corrected chi connectivity index (χ1v) is 9.66. The molecule has 0 saturated carbocycles. The van der Waals surface area contributed by atoms with Crippen LogP contribution in [0.2, 0.25) is 0 Å². The molecule has 0 aromatic carbocycles. The highest BCUT2D eigenvalue weighted by Gasteiger charge is 2.25. The fourth-order valence-corrected chi connectivity index (χ4v) is 2.70. The molecule has 0 heterocycles. The topological polar surface area (TPSA) is 86.6 Å². The van der Waals surface area contributed by atoms with E-state index in [4.69, 9.17) is 5.11 Å². The molecule has 0 fully saturated rings. The third-order valence-electron chi connectivity index (χ3n) is 4.30. The second kappa shape index (κ2) is 15.6. The molecule has 1 amide bonds. The van der Waals surface area contributed by atoms with E-state index in [9.17, 15) is 14.7 Å². The lowest BCUT2D eigenvalue weighted by atomic mass is 9.92. The van der Waals surface area contributed by atoms with Crippen LogP contribution in [0.25, 0.3) is 0 Å². The standard InChI is InChI=1S/C19H37NO4/c1-3-5-7-9-11-13-18(23)17(12-10-8-6-4-2)19(24)20-14-16(22)15-21/h16-17,21-22H,3-15H2,1-2H3,(H,20,24). The lowest BCUT2D eigenvalue weighted by Crippen LogP contribution is -2.40. The van der Waals surface area contributed by atoms with Crippen LogP contribution in [-0.4, -0.2) is 41.2 Å². The molecule has 3 N–H and O–H groups in total. The molecule has 0 radical (unpaired) electrons. The molecule has 0 aliphatic carbocycles. The third kappa shape index (κ3) is 11.6. The Hall–Kier alpha value is -0.940. The SMILES string of the molecule is CCCCCCCC(=O)C(CCCCCC)C(=O)NCC(O)CO. The maximum Gasteiger partial charge on any atom is 0.230 e. The number of unbranched alkanes of at least 4 members (excludes halogenated alkanes) is 7. The smallest absolute Gasteiger partial charge is 0.230 e. The highest BCUT2D eigenvalue weighted by molar-refractivity contribution is 6.01. The van der Waals surface area contributed by atoms with Gasteiger partial charge in [-0.05, 0) is 12.8 Å². The monoisotopic (exact) mass is 343 g/mol. The van der Waals surface area contributed by atoms with Crippen molar-refractivity contribution in [2.24, 2.45) is 5.92 Å². The van der Waals surface area contributed by atoms with Gasteiger partial charge in [-0.15, -0.1) is 0 Å². The quantitative estimate of drug-likeness (QED) is 0.297. The Labute approximate surface area is 147 Å². The van der Waals surface area contributed by atoms with Gasteiger partial charge in [-0.1, -0.05) is 65.2 Å². The Morgan fingerprint density at radius 3 is 2.08 bits per heavy atom. The van der Waals surface area contributed by atoms with Crippen molar-refractivity contribution in [3.8, 4) is 0 Å². The van der Waals surface area contributed by atoms with Gasteiger partial charge in [0.2, 0.25) is 5.91 Å². The molecule has 142 valence electrons. The Bertz CT molecular complexity index is 333. The molecule has 5 nitrogen and oxygen atoms in total. The van der Waals surface area contributed by atoms with Crippen LogP contribution < -0.4 is 5.32 Å². The zero-order chi connectivity index (χ0) is 18.2. The Morgan fingerprint density at radius 2 is 1.50 bits per heavy atom. The molecule has 0 bridgehead atoms. The number of carbonyl (C=O) groups excluding carboxylic acids is 2. The average Bonchev–Trinajstić information content (AvgIpc) is 2.59. The van der Waals surface area contributed by atoms with Gasteiger partial charge in [-0.2, -0.15) is 0 Å². The highest BCUT2D eigenvalue weighted by atomic mass is 16.3. The van der Waals surface area contributed by atoms with Gasteiger partial charge in [-0.3, -0.25) is 9.59 Å². The minimum Gasteiger partial charge on any atom is -0.394 e. The van der Waals surface area contributed by atoms with E-state index in [2.05, 4.69) is 19.2 Å². The molecule has 0 rings (SSSR count). The van der Waals surface area contributed by atoms with E-state index in [0.717, 1.165) is 44.9 Å². The molecule has 2 atom stereocenters. The zero-order valence-electron chi connectivity index (χ0n) is 15.6. The summed E-state index contributed by atoms with van der Waals surface area (Å²) in [6, 6.07) is 0. The summed E-state index contributed by atoms with van der Waals surface area (Å²) >= 11 is 0. The van der Waals surface area contributed by atoms with E-state index in [1.165, 1.54) is 12.8 Å². The van der Waals surface area contributed by atoms with Crippen LogP contribution in [0.3, 0.4) is 0 Å². The number of hydrogen-bond acceptors (Lipinski definition) is 4. The lowest BCUT2D eigenvalue weighted by molar-refractivity contribution is -0.134. The summed E-state index contributed by atoms with van der Waals surface area (Å²) in [5.41, 5.74) is 0. The fraction of sp³-hybridized carbons (Fsp3) is 0.895. The van der Waals surface area contributed by atoms with E-state index in [1.54, 1.807) is 0 Å². The van der Waals surface area contributed by atoms with Crippen molar-refractivity contribution in [3.63, 3.8) is 0 Å². The third-order valence-corrected chi connectivity index (χ3v) is 4.30. The Balaban J connectivity index is 4.37. The van der Waals surface area contributed by atoms with Crippen molar-refractivity contribution < 1.29 is 19.8 Å². The van der Waals surface area contributed by atoms with E-state index < -0.39 is 18.6 Å². The summed E-state index contributed by atoms with van der Waals surface area (Å²) < 4.78 is 0. The molecule has 0 spiro atoms. The van der Waals surface area contributed by atoms with Crippen LogP contribution in [0, 0.1) is 5.92 Å². The molecule has 5 heteroatoms. The minimum atomic E-state index is -0.973. The fourth-order valence-electron chi connectivity index (χ4n) is 2.70. The van der Waals surface area contributed by atoms with Crippen molar-refractivity contribution in [2.45, 2.75) is 90.6 Å². The summed E-state index contributed by atoms with van der Waals surface area (Å²) in [4.78, 5) is 24.7. The van der Waals surface area contributed by atoms with Crippen molar-refractivity contribution >= 4 is 11.7 Å². The number of ketones is 1. The molecule has 0 aliphatic heterocycles. The van der Waals surface area contributed by atoms with Crippen molar-refractivity contribution in [3.05, 3.63) is 0 Å². The maximum atomic E-state index is 12.4. The number of amides is 1. The van der Waals surface area contributed by atoms with Crippen LogP contribution in [0.4, 0.5) is 0 Å². The number of aliphatic hydroxyl groups excluding tert-OH is 2. The summed E-state index contributed by atoms with van der Waals surface area (Å²) in [7, 11) is 0. The molecular formula is C19H37NO4. The van der Waals surface area contributed by atoms with Crippen LogP contribution in [0.1, 0.15) is 84.5 Å². The predicted octanol–water partition coefficient (Wildman–Crippen LogP) is 2.97. The van der Waals surface area contributed by atoms with Crippen molar-refractivity contribution in [1.82, 2.24) is 5.32 Å². The normalized spacial score (nSPS) is 13.5. The first kappa shape index (κ1) is 23.1. The van der Waals surface area contributed by atoms with Gasteiger partial charge in [0.15, 0.2) is 0 Å². The van der Waals surface area contributed by atoms with Crippen molar-refractivity contribution in [1.29, 1.82) is 0 Å². The molecule has 0 aliphatic rings. The van der Waals surface area contributed by atoms with Crippen molar-refractivity contribution in [2.75, 3.05) is 13.2 Å². The number of nitrogens with one attached hydrogen (secondary N) is 1. The first-order valence-electron chi connectivity index (χ1n) is 9.66. The maximum absolute atomic E-state index is 12.4. The van der Waals surface area contributed by atoms with Gasteiger partial charge in [-0.25, -0.2) is 0 Å². The molecular weight excluding hydrogens is 306 g/mol. The van der Waals surface area contributed by atoms with E-state index in [1.807, 2.05) is 0 Å². The Morgan fingerprint density at radius 1 is 0.917 bits per heavy atom. The van der Waals surface area contributed by atoms with Crippen LogP contribution in [-0.2, 0) is 9.59 Å². The first-order chi connectivity index (χ1) is 11.6. The van der Waals surface area contributed by atoms with Gasteiger partial charge in [0.1, 0.15) is 5.78 Å². The van der Waals surface area contributed by atoms with Gasteiger partial charge < -0.3 is 15.5 Å². The van der Waals surface area contributed by atoms with Crippen LogP contribution in [0.15, 0.2) is 0 Å². The largest absolute Gasteiger partial charge is 0.394 e. The Kier molecular flexibility index (Phi) is 15.0. The number of hydrogen-bond donors (Lipinski definition) is 3. The molecule has 0 aromatic heterocycles. The number of aliphatic hydroxyl groups is 2. The van der Waals surface area contributed by atoms with Gasteiger partial charge >= 0.3 is 0 Å². The van der Waals surface area contributed by atoms with Crippen LogP contribution >= 0.6 is 0 Å². The number of carbonyl (C=O) groups is 2.